The molecule has 1 heterocycles. The Morgan fingerprint density at radius 2 is 1.88 bits per heavy atom. The SMILES string of the molecule is COc1ccccc1C(=O)NCc1ccccc1Cn1ccnc1. The highest BCUT2D eigenvalue weighted by Gasteiger charge is 2.11. The largest absolute Gasteiger partial charge is 0.496 e. The van der Waals surface area contributed by atoms with Crippen LogP contribution in [0.3, 0.4) is 0 Å². The Morgan fingerprint density at radius 3 is 2.62 bits per heavy atom. The van der Waals surface area contributed by atoms with Crippen LogP contribution in [0.4, 0.5) is 0 Å². The van der Waals surface area contributed by atoms with Crippen molar-refractivity contribution in [3.8, 4) is 5.75 Å². The highest BCUT2D eigenvalue weighted by Crippen LogP contribution is 2.17. The molecule has 3 rings (SSSR count). The molecular formula is C19H19N3O2. The number of carbonyl (C=O) groups excluding carboxylic acids is 1. The second kappa shape index (κ2) is 7.46. The number of rotatable bonds is 6. The number of aromatic nitrogens is 2. The molecule has 0 unspecified atom stereocenters. The summed E-state index contributed by atoms with van der Waals surface area (Å²) in [7, 11) is 1.56. The molecule has 0 aliphatic rings. The molecule has 0 aliphatic heterocycles. The zero-order valence-corrected chi connectivity index (χ0v) is 13.5. The molecule has 5 nitrogen and oxygen atoms in total. The van der Waals surface area contributed by atoms with Crippen LogP contribution < -0.4 is 10.1 Å². The van der Waals surface area contributed by atoms with Gasteiger partial charge in [0.25, 0.3) is 5.91 Å². The van der Waals surface area contributed by atoms with Crippen LogP contribution in [-0.2, 0) is 13.1 Å². The number of para-hydroxylation sites is 1. The van der Waals surface area contributed by atoms with Crippen molar-refractivity contribution >= 4 is 5.91 Å². The van der Waals surface area contributed by atoms with Gasteiger partial charge in [0.05, 0.1) is 19.0 Å². The van der Waals surface area contributed by atoms with E-state index in [1.54, 1.807) is 31.8 Å². The molecule has 0 spiro atoms. The molecule has 5 heteroatoms. The first-order chi connectivity index (χ1) is 11.8. The first kappa shape index (κ1) is 15.8. The standard InChI is InChI=1S/C19H19N3O2/c1-24-18-9-5-4-8-17(18)19(23)21-12-15-6-2-3-7-16(15)13-22-11-10-20-14-22/h2-11,14H,12-13H2,1H3,(H,21,23). The van der Waals surface area contributed by atoms with Gasteiger partial charge >= 0.3 is 0 Å². The maximum Gasteiger partial charge on any atom is 0.255 e. The summed E-state index contributed by atoms with van der Waals surface area (Å²) in [6.45, 7) is 1.18. The number of methoxy groups -OCH3 is 1. The Kier molecular flexibility index (Phi) is 4.91. The summed E-state index contributed by atoms with van der Waals surface area (Å²) in [4.78, 5) is 16.5. The van der Waals surface area contributed by atoms with Crippen LogP contribution in [0.1, 0.15) is 21.5 Å². The van der Waals surface area contributed by atoms with Crippen molar-refractivity contribution in [1.82, 2.24) is 14.9 Å². The fourth-order valence-corrected chi connectivity index (χ4v) is 2.56. The van der Waals surface area contributed by atoms with Crippen molar-refractivity contribution in [3.05, 3.63) is 83.9 Å². The predicted molar refractivity (Wildman–Crippen MR) is 91.9 cm³/mol. The summed E-state index contributed by atoms with van der Waals surface area (Å²) >= 11 is 0. The van der Waals surface area contributed by atoms with E-state index in [9.17, 15) is 4.79 Å². The molecule has 0 atom stereocenters. The molecule has 3 aromatic rings. The van der Waals surface area contributed by atoms with E-state index in [0.717, 1.165) is 17.7 Å². The van der Waals surface area contributed by atoms with Gasteiger partial charge in [-0.2, -0.15) is 0 Å². The Bertz CT molecular complexity index is 813. The summed E-state index contributed by atoms with van der Waals surface area (Å²) in [5, 5.41) is 2.97. The number of nitrogens with zero attached hydrogens (tertiary/aromatic N) is 2. The number of amides is 1. The average Bonchev–Trinajstić information content (AvgIpc) is 3.13. The summed E-state index contributed by atoms with van der Waals surface area (Å²) in [5.41, 5.74) is 2.76. The quantitative estimate of drug-likeness (QED) is 0.759. The van der Waals surface area contributed by atoms with Crippen LogP contribution in [-0.4, -0.2) is 22.6 Å². The van der Waals surface area contributed by atoms with Gasteiger partial charge in [-0.05, 0) is 23.3 Å². The highest BCUT2D eigenvalue weighted by atomic mass is 16.5. The lowest BCUT2D eigenvalue weighted by Crippen LogP contribution is -2.24. The molecule has 0 saturated heterocycles. The zero-order valence-electron chi connectivity index (χ0n) is 13.5. The Balaban J connectivity index is 1.71. The maximum absolute atomic E-state index is 12.4. The van der Waals surface area contributed by atoms with Crippen molar-refractivity contribution in [1.29, 1.82) is 0 Å². The van der Waals surface area contributed by atoms with Gasteiger partial charge < -0.3 is 14.6 Å². The van der Waals surface area contributed by atoms with E-state index in [1.165, 1.54) is 0 Å². The van der Waals surface area contributed by atoms with Gasteiger partial charge in [-0.15, -0.1) is 0 Å². The molecule has 0 fully saturated rings. The van der Waals surface area contributed by atoms with Crippen LogP contribution in [0, 0.1) is 0 Å². The van der Waals surface area contributed by atoms with Gasteiger partial charge in [0.2, 0.25) is 0 Å². The van der Waals surface area contributed by atoms with Gasteiger partial charge in [-0.3, -0.25) is 4.79 Å². The number of benzene rings is 2. The molecule has 1 aromatic heterocycles. The number of carbonyl (C=O) groups is 1. The smallest absolute Gasteiger partial charge is 0.255 e. The second-order valence-electron chi connectivity index (χ2n) is 5.39. The molecular weight excluding hydrogens is 302 g/mol. The van der Waals surface area contributed by atoms with E-state index in [4.69, 9.17) is 4.74 Å². The van der Waals surface area contributed by atoms with Crippen molar-refractivity contribution in [2.24, 2.45) is 0 Å². The summed E-state index contributed by atoms with van der Waals surface area (Å²) in [5.74, 6) is 0.423. The third kappa shape index (κ3) is 3.63. The summed E-state index contributed by atoms with van der Waals surface area (Å²) < 4.78 is 7.24. The van der Waals surface area contributed by atoms with E-state index < -0.39 is 0 Å². The second-order valence-corrected chi connectivity index (χ2v) is 5.39. The van der Waals surface area contributed by atoms with Crippen molar-refractivity contribution < 1.29 is 9.53 Å². The number of hydrogen-bond acceptors (Lipinski definition) is 3. The summed E-state index contributed by atoms with van der Waals surface area (Å²) in [6, 6.07) is 15.3. The molecule has 1 amide bonds. The average molecular weight is 321 g/mol. The fourth-order valence-electron chi connectivity index (χ4n) is 2.56. The van der Waals surface area contributed by atoms with Gasteiger partial charge in [0.15, 0.2) is 0 Å². The molecule has 24 heavy (non-hydrogen) atoms. The minimum Gasteiger partial charge on any atom is -0.496 e. The normalized spacial score (nSPS) is 10.4. The summed E-state index contributed by atoms with van der Waals surface area (Å²) in [6.07, 6.45) is 5.46. The lowest BCUT2D eigenvalue weighted by atomic mass is 10.1. The maximum atomic E-state index is 12.4. The van der Waals surface area contributed by atoms with Crippen LogP contribution in [0.15, 0.2) is 67.3 Å². The van der Waals surface area contributed by atoms with E-state index in [2.05, 4.69) is 16.4 Å². The molecule has 0 radical (unpaired) electrons. The molecule has 122 valence electrons. The van der Waals surface area contributed by atoms with E-state index in [-0.39, 0.29) is 5.91 Å². The highest BCUT2D eigenvalue weighted by molar-refractivity contribution is 5.96. The molecule has 1 N–H and O–H groups in total. The van der Waals surface area contributed by atoms with Crippen LogP contribution in [0.2, 0.25) is 0 Å². The number of ether oxygens (including phenoxy) is 1. The van der Waals surface area contributed by atoms with Crippen molar-refractivity contribution in [3.63, 3.8) is 0 Å². The molecule has 2 aromatic carbocycles. The molecule has 0 bridgehead atoms. The third-order valence-electron chi connectivity index (χ3n) is 3.82. The van der Waals surface area contributed by atoms with Crippen LogP contribution >= 0.6 is 0 Å². The van der Waals surface area contributed by atoms with E-state index in [0.29, 0.717) is 17.9 Å². The first-order valence-electron chi connectivity index (χ1n) is 7.71. The Hall–Kier alpha value is -3.08. The zero-order chi connectivity index (χ0) is 16.8. The Morgan fingerprint density at radius 1 is 1.12 bits per heavy atom. The number of hydrogen-bond donors (Lipinski definition) is 1. The monoisotopic (exact) mass is 321 g/mol. The lowest BCUT2D eigenvalue weighted by Gasteiger charge is -2.12. The van der Waals surface area contributed by atoms with Gasteiger partial charge in [-0.25, -0.2) is 4.98 Å². The minimum atomic E-state index is -0.148. The third-order valence-corrected chi connectivity index (χ3v) is 3.82. The van der Waals surface area contributed by atoms with Crippen molar-refractivity contribution in [2.75, 3.05) is 7.11 Å². The van der Waals surface area contributed by atoms with E-state index in [1.807, 2.05) is 41.1 Å². The van der Waals surface area contributed by atoms with Crippen molar-refractivity contribution in [2.45, 2.75) is 13.1 Å². The van der Waals surface area contributed by atoms with Gasteiger partial charge in [0, 0.05) is 25.5 Å². The molecule has 0 aliphatic carbocycles. The fraction of sp³-hybridized carbons (Fsp3) is 0.158. The topological polar surface area (TPSA) is 56.1 Å². The minimum absolute atomic E-state index is 0.148. The number of nitrogens with one attached hydrogen (secondary N) is 1. The van der Waals surface area contributed by atoms with Crippen LogP contribution in [0.5, 0.6) is 5.75 Å². The van der Waals surface area contributed by atoms with E-state index >= 15 is 0 Å². The van der Waals surface area contributed by atoms with Gasteiger partial charge in [0.1, 0.15) is 5.75 Å². The number of imidazole rings is 1. The van der Waals surface area contributed by atoms with Crippen LogP contribution in [0.25, 0.3) is 0 Å². The lowest BCUT2D eigenvalue weighted by molar-refractivity contribution is 0.0948. The van der Waals surface area contributed by atoms with Gasteiger partial charge in [-0.1, -0.05) is 36.4 Å². The first-order valence-corrected chi connectivity index (χ1v) is 7.71. The Labute approximate surface area is 140 Å². The predicted octanol–water partition coefficient (Wildman–Crippen LogP) is 2.87. The molecule has 0 saturated carbocycles.